The largest absolute Gasteiger partial charge is 0.368 e. The van der Waals surface area contributed by atoms with Crippen molar-refractivity contribution in [1.82, 2.24) is 4.90 Å². The molecule has 3 nitrogen and oxygen atoms in total. The van der Waals surface area contributed by atoms with E-state index in [1.807, 2.05) is 12.1 Å². The van der Waals surface area contributed by atoms with Crippen LogP contribution in [0.5, 0.6) is 0 Å². The molecule has 1 aliphatic carbocycles. The summed E-state index contributed by atoms with van der Waals surface area (Å²) in [7, 11) is 0. The summed E-state index contributed by atoms with van der Waals surface area (Å²) in [4.78, 5) is 4.92. The second-order valence-electron chi connectivity index (χ2n) is 5.00. The highest BCUT2D eigenvalue weighted by molar-refractivity contribution is 9.10. The molecule has 18 heavy (non-hydrogen) atoms. The summed E-state index contributed by atoms with van der Waals surface area (Å²) in [6.45, 7) is 4.31. The Bertz CT molecular complexity index is 482. The summed E-state index contributed by atoms with van der Waals surface area (Å²) in [5, 5.41) is 9.26. The lowest BCUT2D eigenvalue weighted by atomic mass is 10.1. The Kier molecular flexibility index (Phi) is 3.27. The number of hydrogen-bond donors (Lipinski definition) is 0. The second-order valence-corrected chi connectivity index (χ2v) is 5.85. The van der Waals surface area contributed by atoms with Crippen molar-refractivity contribution in [3.05, 3.63) is 28.2 Å². The van der Waals surface area contributed by atoms with Crippen LogP contribution in [0.3, 0.4) is 0 Å². The first kappa shape index (κ1) is 12.0. The van der Waals surface area contributed by atoms with Gasteiger partial charge in [0.2, 0.25) is 0 Å². The molecule has 1 aromatic carbocycles. The molecule has 0 bridgehead atoms. The highest BCUT2D eigenvalue weighted by atomic mass is 79.9. The third-order valence-electron chi connectivity index (χ3n) is 3.82. The van der Waals surface area contributed by atoms with E-state index in [0.29, 0.717) is 0 Å². The Labute approximate surface area is 116 Å². The molecule has 0 radical (unpaired) electrons. The van der Waals surface area contributed by atoms with Gasteiger partial charge in [-0.1, -0.05) is 6.07 Å². The van der Waals surface area contributed by atoms with E-state index in [0.717, 1.165) is 47.9 Å². The SMILES string of the molecule is N#Cc1c(Br)cccc1N1CCN(C2CC2)CC1. The van der Waals surface area contributed by atoms with E-state index in [1.54, 1.807) is 0 Å². The van der Waals surface area contributed by atoms with Crippen molar-refractivity contribution in [3.8, 4) is 6.07 Å². The van der Waals surface area contributed by atoms with E-state index >= 15 is 0 Å². The molecule has 4 heteroatoms. The van der Waals surface area contributed by atoms with Crippen LogP contribution in [0.4, 0.5) is 5.69 Å². The molecule has 2 aliphatic rings. The summed E-state index contributed by atoms with van der Waals surface area (Å²) in [5.74, 6) is 0. The van der Waals surface area contributed by atoms with Gasteiger partial charge in [-0.05, 0) is 40.9 Å². The molecule has 1 aromatic rings. The number of piperazine rings is 1. The first-order valence-electron chi connectivity index (χ1n) is 6.47. The maximum Gasteiger partial charge on any atom is 0.103 e. The molecule has 1 aliphatic heterocycles. The third kappa shape index (κ3) is 2.25. The molecule has 1 saturated heterocycles. The van der Waals surface area contributed by atoms with Crippen molar-refractivity contribution in [3.63, 3.8) is 0 Å². The van der Waals surface area contributed by atoms with E-state index in [4.69, 9.17) is 0 Å². The van der Waals surface area contributed by atoms with Gasteiger partial charge in [0.15, 0.2) is 0 Å². The average Bonchev–Trinajstić information content (AvgIpc) is 3.23. The van der Waals surface area contributed by atoms with Crippen molar-refractivity contribution in [1.29, 1.82) is 5.26 Å². The zero-order valence-corrected chi connectivity index (χ0v) is 11.9. The third-order valence-corrected chi connectivity index (χ3v) is 4.48. The molecule has 3 rings (SSSR count). The standard InChI is InChI=1S/C14H16BrN3/c15-13-2-1-3-14(12(13)10-16)18-8-6-17(7-9-18)11-4-5-11/h1-3,11H,4-9H2. The van der Waals surface area contributed by atoms with Gasteiger partial charge in [0, 0.05) is 36.7 Å². The van der Waals surface area contributed by atoms with Crippen molar-refractivity contribution in [2.45, 2.75) is 18.9 Å². The molecular formula is C14H16BrN3. The monoisotopic (exact) mass is 305 g/mol. The zero-order chi connectivity index (χ0) is 12.5. The van der Waals surface area contributed by atoms with Gasteiger partial charge >= 0.3 is 0 Å². The van der Waals surface area contributed by atoms with Crippen molar-refractivity contribution in [2.75, 3.05) is 31.1 Å². The highest BCUT2D eigenvalue weighted by Gasteiger charge is 2.31. The lowest BCUT2D eigenvalue weighted by Crippen LogP contribution is -2.47. The van der Waals surface area contributed by atoms with Crippen molar-refractivity contribution < 1.29 is 0 Å². The second kappa shape index (κ2) is 4.91. The van der Waals surface area contributed by atoms with Crippen LogP contribution in [0.15, 0.2) is 22.7 Å². The molecule has 0 N–H and O–H groups in total. The van der Waals surface area contributed by atoms with Crippen LogP contribution in [0, 0.1) is 11.3 Å². The Morgan fingerprint density at radius 3 is 2.50 bits per heavy atom. The van der Waals surface area contributed by atoms with Crippen LogP contribution in [-0.2, 0) is 0 Å². The quantitative estimate of drug-likeness (QED) is 0.841. The first-order valence-corrected chi connectivity index (χ1v) is 7.26. The van der Waals surface area contributed by atoms with Gasteiger partial charge in [0.25, 0.3) is 0 Å². The molecule has 0 amide bonds. The zero-order valence-electron chi connectivity index (χ0n) is 10.3. The minimum atomic E-state index is 0.761. The maximum absolute atomic E-state index is 9.26. The number of hydrogen-bond acceptors (Lipinski definition) is 3. The molecule has 0 unspecified atom stereocenters. The minimum absolute atomic E-state index is 0.761. The number of rotatable bonds is 2. The molecule has 0 atom stereocenters. The highest BCUT2D eigenvalue weighted by Crippen LogP contribution is 2.31. The Morgan fingerprint density at radius 2 is 1.89 bits per heavy atom. The van der Waals surface area contributed by atoms with E-state index in [-0.39, 0.29) is 0 Å². The van der Waals surface area contributed by atoms with Crippen LogP contribution in [0.1, 0.15) is 18.4 Å². The van der Waals surface area contributed by atoms with Crippen LogP contribution in [0.2, 0.25) is 0 Å². The Balaban J connectivity index is 1.76. The Morgan fingerprint density at radius 1 is 1.17 bits per heavy atom. The predicted octanol–water partition coefficient (Wildman–Crippen LogP) is 2.61. The fraction of sp³-hybridized carbons (Fsp3) is 0.500. The number of nitrogens with zero attached hydrogens (tertiary/aromatic N) is 3. The van der Waals surface area contributed by atoms with Crippen LogP contribution >= 0.6 is 15.9 Å². The Hall–Kier alpha value is -1.05. The van der Waals surface area contributed by atoms with E-state index in [9.17, 15) is 5.26 Å². The number of benzene rings is 1. The topological polar surface area (TPSA) is 30.3 Å². The molecular weight excluding hydrogens is 290 g/mol. The first-order chi connectivity index (χ1) is 8.79. The van der Waals surface area contributed by atoms with Gasteiger partial charge in [-0.2, -0.15) is 5.26 Å². The average molecular weight is 306 g/mol. The fourth-order valence-corrected chi connectivity index (χ4v) is 3.10. The van der Waals surface area contributed by atoms with Gasteiger partial charge in [0.1, 0.15) is 6.07 Å². The van der Waals surface area contributed by atoms with Gasteiger partial charge in [-0.25, -0.2) is 0 Å². The van der Waals surface area contributed by atoms with Crippen LogP contribution < -0.4 is 4.90 Å². The van der Waals surface area contributed by atoms with Gasteiger partial charge < -0.3 is 4.90 Å². The van der Waals surface area contributed by atoms with Crippen molar-refractivity contribution in [2.24, 2.45) is 0 Å². The molecule has 94 valence electrons. The molecule has 0 aromatic heterocycles. The molecule has 1 saturated carbocycles. The minimum Gasteiger partial charge on any atom is -0.368 e. The lowest BCUT2D eigenvalue weighted by Gasteiger charge is -2.36. The predicted molar refractivity (Wildman–Crippen MR) is 75.7 cm³/mol. The lowest BCUT2D eigenvalue weighted by molar-refractivity contribution is 0.248. The number of nitriles is 1. The number of halogens is 1. The van der Waals surface area contributed by atoms with Gasteiger partial charge in [-0.15, -0.1) is 0 Å². The summed E-state index contributed by atoms with van der Waals surface area (Å²) < 4.78 is 0.895. The molecule has 2 fully saturated rings. The summed E-state index contributed by atoms with van der Waals surface area (Å²) in [5.41, 5.74) is 1.83. The normalized spacial score (nSPS) is 20.8. The van der Waals surface area contributed by atoms with Crippen LogP contribution in [0.25, 0.3) is 0 Å². The van der Waals surface area contributed by atoms with Crippen molar-refractivity contribution >= 4 is 21.6 Å². The van der Waals surface area contributed by atoms with E-state index in [2.05, 4.69) is 37.9 Å². The smallest absolute Gasteiger partial charge is 0.103 e. The summed E-state index contributed by atoms with van der Waals surface area (Å²) >= 11 is 3.46. The molecule has 1 heterocycles. The molecule has 0 spiro atoms. The van der Waals surface area contributed by atoms with Gasteiger partial charge in [0.05, 0.1) is 11.3 Å². The summed E-state index contributed by atoms with van der Waals surface area (Å²) in [6, 6.07) is 9.15. The fourth-order valence-electron chi connectivity index (χ4n) is 2.65. The maximum atomic E-state index is 9.26. The van der Waals surface area contributed by atoms with Gasteiger partial charge in [-0.3, -0.25) is 4.90 Å². The van der Waals surface area contributed by atoms with E-state index < -0.39 is 0 Å². The number of anilines is 1. The summed E-state index contributed by atoms with van der Waals surface area (Å²) in [6.07, 6.45) is 2.75. The van der Waals surface area contributed by atoms with E-state index in [1.165, 1.54) is 12.8 Å². The van der Waals surface area contributed by atoms with Crippen LogP contribution in [-0.4, -0.2) is 37.1 Å².